The van der Waals surface area contributed by atoms with Crippen LogP contribution in [0.25, 0.3) is 10.8 Å². The van der Waals surface area contributed by atoms with Crippen molar-refractivity contribution in [2.45, 2.75) is 40.5 Å². The molecule has 1 N–H and O–H groups in total. The SMILES string of the molecule is CC(C)c1ccc2cnc(C(=O)/C=C(\O)C(C)(C)C)cc2c1. The molecule has 0 atom stereocenters. The molecule has 0 aliphatic heterocycles. The van der Waals surface area contributed by atoms with Gasteiger partial charge in [-0.1, -0.05) is 52.8 Å². The lowest BCUT2D eigenvalue weighted by Gasteiger charge is -2.16. The van der Waals surface area contributed by atoms with Gasteiger partial charge in [0.2, 0.25) is 5.78 Å². The van der Waals surface area contributed by atoms with E-state index in [1.54, 1.807) is 12.3 Å². The molecule has 0 fully saturated rings. The van der Waals surface area contributed by atoms with E-state index < -0.39 is 5.41 Å². The third-order valence-corrected chi connectivity index (χ3v) is 3.70. The molecule has 2 aromatic rings. The highest BCUT2D eigenvalue weighted by Gasteiger charge is 2.18. The van der Waals surface area contributed by atoms with Crippen molar-refractivity contribution in [3.05, 3.63) is 53.6 Å². The molecular formula is C19H23NO2. The number of carbonyl (C=O) groups is 1. The summed E-state index contributed by atoms with van der Waals surface area (Å²) in [6.07, 6.45) is 2.97. The fourth-order valence-electron chi connectivity index (χ4n) is 2.07. The summed E-state index contributed by atoms with van der Waals surface area (Å²) in [6.45, 7) is 9.84. The van der Waals surface area contributed by atoms with Crippen molar-refractivity contribution in [2.24, 2.45) is 5.41 Å². The first-order valence-electron chi connectivity index (χ1n) is 7.53. The molecule has 0 amide bonds. The number of hydrogen-bond donors (Lipinski definition) is 1. The maximum Gasteiger partial charge on any atom is 0.207 e. The maximum atomic E-state index is 12.3. The Morgan fingerprint density at radius 3 is 2.45 bits per heavy atom. The van der Waals surface area contributed by atoms with Crippen LogP contribution in [0, 0.1) is 5.41 Å². The number of hydrogen-bond acceptors (Lipinski definition) is 3. The summed E-state index contributed by atoms with van der Waals surface area (Å²) in [4.78, 5) is 16.5. The Bertz CT molecular complexity index is 737. The van der Waals surface area contributed by atoms with Gasteiger partial charge in [0.25, 0.3) is 0 Å². The van der Waals surface area contributed by atoms with Gasteiger partial charge >= 0.3 is 0 Å². The van der Waals surface area contributed by atoms with Gasteiger partial charge in [-0.3, -0.25) is 9.78 Å². The van der Waals surface area contributed by atoms with Gasteiger partial charge in [-0.15, -0.1) is 0 Å². The van der Waals surface area contributed by atoms with Crippen LogP contribution in [0.4, 0.5) is 0 Å². The third kappa shape index (κ3) is 3.53. The Morgan fingerprint density at radius 2 is 1.86 bits per heavy atom. The molecule has 1 aromatic carbocycles. The van der Waals surface area contributed by atoms with Crippen molar-refractivity contribution in [1.29, 1.82) is 0 Å². The monoisotopic (exact) mass is 297 g/mol. The number of aliphatic hydroxyl groups excluding tert-OH is 1. The van der Waals surface area contributed by atoms with Crippen LogP contribution in [0.5, 0.6) is 0 Å². The predicted molar refractivity (Wildman–Crippen MR) is 90.3 cm³/mol. The minimum absolute atomic E-state index is 0.0651. The Kier molecular flexibility index (Phi) is 4.36. The van der Waals surface area contributed by atoms with E-state index in [1.165, 1.54) is 11.6 Å². The predicted octanol–water partition coefficient (Wildman–Crippen LogP) is 5.03. The average molecular weight is 297 g/mol. The maximum absolute atomic E-state index is 12.3. The fourth-order valence-corrected chi connectivity index (χ4v) is 2.07. The number of carbonyl (C=O) groups excluding carboxylic acids is 1. The second-order valence-corrected chi connectivity index (χ2v) is 6.97. The number of aromatic nitrogens is 1. The van der Waals surface area contributed by atoms with Crippen molar-refractivity contribution in [1.82, 2.24) is 4.98 Å². The molecule has 0 saturated heterocycles. The van der Waals surface area contributed by atoms with Crippen LogP contribution in [0.1, 0.15) is 56.6 Å². The average Bonchev–Trinajstić information content (AvgIpc) is 2.44. The number of pyridine rings is 1. The van der Waals surface area contributed by atoms with Gasteiger partial charge < -0.3 is 5.11 Å². The number of rotatable bonds is 3. The molecule has 116 valence electrons. The molecule has 1 heterocycles. The van der Waals surface area contributed by atoms with Crippen LogP contribution < -0.4 is 0 Å². The first-order valence-corrected chi connectivity index (χ1v) is 7.53. The van der Waals surface area contributed by atoms with Crippen LogP contribution >= 0.6 is 0 Å². The lowest BCUT2D eigenvalue weighted by Crippen LogP contribution is -2.11. The third-order valence-electron chi connectivity index (χ3n) is 3.70. The van der Waals surface area contributed by atoms with Crippen LogP contribution in [0.3, 0.4) is 0 Å². The highest BCUT2D eigenvalue weighted by atomic mass is 16.3. The number of ketones is 1. The molecule has 2 rings (SSSR count). The quantitative estimate of drug-likeness (QED) is 0.491. The van der Waals surface area contributed by atoms with Crippen molar-refractivity contribution >= 4 is 16.6 Å². The summed E-state index contributed by atoms with van der Waals surface area (Å²) in [5, 5.41) is 12.0. The molecule has 0 saturated carbocycles. The standard InChI is InChI=1S/C19H23NO2/c1-12(2)13-6-7-14-11-20-16(9-15(14)8-13)17(21)10-18(22)19(3,4)5/h6-12,22H,1-5H3/b18-10-. The largest absolute Gasteiger partial charge is 0.512 e. The number of fused-ring (bicyclic) bond motifs is 1. The molecule has 0 aliphatic carbocycles. The van der Waals surface area contributed by atoms with Gasteiger partial charge in [0.15, 0.2) is 0 Å². The Hall–Kier alpha value is -2.16. The van der Waals surface area contributed by atoms with E-state index in [2.05, 4.69) is 31.0 Å². The fraction of sp³-hybridized carbons (Fsp3) is 0.368. The number of allylic oxidation sites excluding steroid dienone is 2. The lowest BCUT2D eigenvalue weighted by atomic mass is 9.93. The zero-order valence-electron chi connectivity index (χ0n) is 13.8. The Labute approximate surface area is 131 Å². The summed E-state index contributed by atoms with van der Waals surface area (Å²) in [7, 11) is 0. The topological polar surface area (TPSA) is 50.2 Å². The molecule has 0 radical (unpaired) electrons. The zero-order valence-corrected chi connectivity index (χ0v) is 13.8. The molecule has 3 heteroatoms. The Morgan fingerprint density at radius 1 is 1.18 bits per heavy atom. The molecular weight excluding hydrogens is 274 g/mol. The highest BCUT2D eigenvalue weighted by molar-refractivity contribution is 6.05. The lowest BCUT2D eigenvalue weighted by molar-refractivity contribution is 0.103. The highest BCUT2D eigenvalue weighted by Crippen LogP contribution is 2.24. The van der Waals surface area contributed by atoms with E-state index in [0.29, 0.717) is 11.6 Å². The summed E-state index contributed by atoms with van der Waals surface area (Å²) < 4.78 is 0. The molecule has 3 nitrogen and oxygen atoms in total. The summed E-state index contributed by atoms with van der Waals surface area (Å²) in [5.41, 5.74) is 1.13. The number of nitrogens with zero attached hydrogens (tertiary/aromatic N) is 1. The van der Waals surface area contributed by atoms with E-state index in [0.717, 1.165) is 10.8 Å². The first-order chi connectivity index (χ1) is 10.2. The minimum Gasteiger partial charge on any atom is -0.512 e. The van der Waals surface area contributed by atoms with Crippen LogP contribution in [-0.4, -0.2) is 15.9 Å². The normalized spacial score (nSPS) is 12.9. The van der Waals surface area contributed by atoms with Crippen LogP contribution in [0.15, 0.2) is 42.3 Å². The second-order valence-electron chi connectivity index (χ2n) is 6.97. The number of aliphatic hydroxyl groups is 1. The van der Waals surface area contributed by atoms with Gasteiger partial charge in [-0.25, -0.2) is 0 Å². The van der Waals surface area contributed by atoms with E-state index in [1.807, 2.05) is 26.8 Å². The first kappa shape index (κ1) is 16.2. The van der Waals surface area contributed by atoms with Gasteiger partial charge in [0.05, 0.1) is 0 Å². The molecule has 0 aliphatic rings. The van der Waals surface area contributed by atoms with Crippen molar-refractivity contribution in [2.75, 3.05) is 0 Å². The summed E-state index contributed by atoms with van der Waals surface area (Å²) in [6, 6.07) is 7.98. The number of benzene rings is 1. The van der Waals surface area contributed by atoms with Crippen LogP contribution in [0.2, 0.25) is 0 Å². The Balaban J connectivity index is 2.42. The van der Waals surface area contributed by atoms with Gasteiger partial charge in [-0.05, 0) is 22.9 Å². The van der Waals surface area contributed by atoms with Crippen molar-refractivity contribution in [3.63, 3.8) is 0 Å². The molecule has 0 bridgehead atoms. The van der Waals surface area contributed by atoms with E-state index in [9.17, 15) is 9.90 Å². The second kappa shape index (κ2) is 5.91. The van der Waals surface area contributed by atoms with E-state index >= 15 is 0 Å². The molecule has 1 aromatic heterocycles. The molecule has 0 spiro atoms. The van der Waals surface area contributed by atoms with E-state index in [-0.39, 0.29) is 11.5 Å². The minimum atomic E-state index is -0.447. The van der Waals surface area contributed by atoms with Gasteiger partial charge in [0, 0.05) is 23.1 Å². The molecule has 22 heavy (non-hydrogen) atoms. The van der Waals surface area contributed by atoms with Crippen LogP contribution in [-0.2, 0) is 0 Å². The van der Waals surface area contributed by atoms with E-state index in [4.69, 9.17) is 0 Å². The van der Waals surface area contributed by atoms with Crippen molar-refractivity contribution in [3.8, 4) is 0 Å². The molecule has 0 unspecified atom stereocenters. The smallest absolute Gasteiger partial charge is 0.207 e. The van der Waals surface area contributed by atoms with Gasteiger partial charge in [0.1, 0.15) is 11.5 Å². The summed E-state index contributed by atoms with van der Waals surface area (Å²) >= 11 is 0. The zero-order chi connectivity index (χ0) is 16.5. The van der Waals surface area contributed by atoms with Gasteiger partial charge in [-0.2, -0.15) is 0 Å². The van der Waals surface area contributed by atoms with Crippen molar-refractivity contribution < 1.29 is 9.90 Å². The summed E-state index contributed by atoms with van der Waals surface area (Å²) in [5.74, 6) is 0.223.